The number of ether oxygens (including phenoxy) is 1. The second-order valence-electron chi connectivity index (χ2n) is 4.58. The van der Waals surface area contributed by atoms with Crippen LogP contribution in [-0.4, -0.2) is 6.61 Å². The van der Waals surface area contributed by atoms with Crippen LogP contribution in [0.15, 0.2) is 58.0 Å². The average Bonchev–Trinajstić information content (AvgIpc) is 2.52. The number of benzene rings is 2. The summed E-state index contributed by atoms with van der Waals surface area (Å²) in [5.41, 5.74) is 2.11. The van der Waals surface area contributed by atoms with E-state index in [1.165, 1.54) is 0 Å². The Balaban J connectivity index is 2.52. The molecule has 116 valence electrons. The summed E-state index contributed by atoms with van der Waals surface area (Å²) in [4.78, 5) is 0. The number of halogens is 3. The standard InChI is InChI=1S/C18H12Br2ClNO/c1-2-7-23-18-13(9-15(19)10-17(18)20)8-14(11-22)12-3-5-16(21)6-4-12/h2-6,8-10H,1,7H2/b14-8+. The summed E-state index contributed by atoms with van der Waals surface area (Å²) in [6.07, 6.45) is 3.46. The Hall–Kier alpha value is -1.54. The normalized spacial score (nSPS) is 11.0. The molecule has 2 aromatic carbocycles. The zero-order chi connectivity index (χ0) is 16.8. The van der Waals surface area contributed by atoms with E-state index in [1.54, 1.807) is 24.3 Å². The van der Waals surface area contributed by atoms with E-state index in [4.69, 9.17) is 16.3 Å². The van der Waals surface area contributed by atoms with Crippen LogP contribution >= 0.6 is 43.5 Å². The van der Waals surface area contributed by atoms with Gasteiger partial charge >= 0.3 is 0 Å². The maximum Gasteiger partial charge on any atom is 0.141 e. The van der Waals surface area contributed by atoms with Gasteiger partial charge in [-0.15, -0.1) is 0 Å². The third-order valence-corrected chi connectivity index (χ3v) is 4.26. The molecule has 0 atom stereocenters. The van der Waals surface area contributed by atoms with Crippen LogP contribution in [-0.2, 0) is 0 Å². The Kier molecular flexibility index (Phi) is 6.47. The SMILES string of the molecule is C=CCOc1c(Br)cc(Br)cc1/C=C(\C#N)c1ccc(Cl)cc1. The maximum absolute atomic E-state index is 9.48. The number of nitrogens with zero attached hydrogens (tertiary/aromatic N) is 1. The van der Waals surface area contributed by atoms with Gasteiger partial charge < -0.3 is 4.74 Å². The fourth-order valence-corrected chi connectivity index (χ4v) is 3.45. The van der Waals surface area contributed by atoms with Crippen molar-refractivity contribution in [1.82, 2.24) is 0 Å². The summed E-state index contributed by atoms with van der Waals surface area (Å²) in [5.74, 6) is 0.662. The van der Waals surface area contributed by atoms with E-state index < -0.39 is 0 Å². The molecule has 0 spiro atoms. The molecule has 0 bridgehead atoms. The number of allylic oxidation sites excluding steroid dienone is 1. The summed E-state index contributed by atoms with van der Waals surface area (Å²) >= 11 is 12.8. The first-order valence-corrected chi connectivity index (χ1v) is 8.62. The molecule has 0 saturated carbocycles. The molecule has 0 aliphatic carbocycles. The lowest BCUT2D eigenvalue weighted by Crippen LogP contribution is -1.97. The zero-order valence-electron chi connectivity index (χ0n) is 12.0. The van der Waals surface area contributed by atoms with Crippen molar-refractivity contribution in [2.75, 3.05) is 6.61 Å². The maximum atomic E-state index is 9.48. The molecule has 0 amide bonds. The third-order valence-electron chi connectivity index (χ3n) is 2.96. The molecule has 0 heterocycles. The zero-order valence-corrected chi connectivity index (χ0v) is 16.0. The van der Waals surface area contributed by atoms with Crippen molar-refractivity contribution in [3.8, 4) is 11.8 Å². The molecule has 0 aliphatic rings. The van der Waals surface area contributed by atoms with Crippen molar-refractivity contribution >= 4 is 55.1 Å². The minimum Gasteiger partial charge on any atom is -0.488 e. The first kappa shape index (κ1) is 17.8. The van der Waals surface area contributed by atoms with Crippen molar-refractivity contribution in [1.29, 1.82) is 5.26 Å². The molecule has 2 rings (SSSR count). The molecule has 5 heteroatoms. The van der Waals surface area contributed by atoms with Crippen LogP contribution in [0.2, 0.25) is 5.02 Å². The summed E-state index contributed by atoms with van der Waals surface area (Å²) in [6.45, 7) is 4.03. The lowest BCUT2D eigenvalue weighted by molar-refractivity contribution is 0.360. The fraction of sp³-hybridized carbons (Fsp3) is 0.0556. The summed E-state index contributed by atoms with van der Waals surface area (Å²) in [5, 5.41) is 10.1. The summed E-state index contributed by atoms with van der Waals surface area (Å²) in [6, 6.07) is 13.2. The van der Waals surface area contributed by atoms with Gasteiger partial charge in [-0.2, -0.15) is 5.26 Å². The van der Waals surface area contributed by atoms with E-state index in [0.29, 0.717) is 23.0 Å². The van der Waals surface area contributed by atoms with Gasteiger partial charge in [0.05, 0.1) is 16.1 Å². The Morgan fingerprint density at radius 1 is 1.26 bits per heavy atom. The van der Waals surface area contributed by atoms with Crippen molar-refractivity contribution < 1.29 is 4.74 Å². The lowest BCUT2D eigenvalue weighted by Gasteiger charge is -2.11. The highest BCUT2D eigenvalue weighted by atomic mass is 79.9. The van der Waals surface area contributed by atoms with Crippen LogP contribution in [0.3, 0.4) is 0 Å². The van der Waals surface area contributed by atoms with Crippen molar-refractivity contribution in [2.45, 2.75) is 0 Å². The molecular weight excluding hydrogens is 441 g/mol. The van der Waals surface area contributed by atoms with Gasteiger partial charge in [0.25, 0.3) is 0 Å². The molecule has 0 fully saturated rings. The number of nitriles is 1. The highest BCUT2D eigenvalue weighted by Gasteiger charge is 2.10. The first-order chi connectivity index (χ1) is 11.0. The Morgan fingerprint density at radius 3 is 2.57 bits per heavy atom. The van der Waals surface area contributed by atoms with Crippen LogP contribution < -0.4 is 4.74 Å². The van der Waals surface area contributed by atoms with Crippen molar-refractivity contribution in [2.24, 2.45) is 0 Å². The van der Waals surface area contributed by atoms with E-state index in [0.717, 1.165) is 20.1 Å². The van der Waals surface area contributed by atoms with Crippen molar-refractivity contribution in [3.63, 3.8) is 0 Å². The van der Waals surface area contributed by atoms with Gasteiger partial charge in [0.2, 0.25) is 0 Å². The van der Waals surface area contributed by atoms with Gasteiger partial charge in [-0.05, 0) is 51.8 Å². The molecule has 0 saturated heterocycles. The Labute approximate surface area is 157 Å². The summed E-state index contributed by atoms with van der Waals surface area (Å²) < 4.78 is 7.40. The van der Waals surface area contributed by atoms with Crippen LogP contribution in [0, 0.1) is 11.3 Å². The van der Waals surface area contributed by atoms with E-state index >= 15 is 0 Å². The van der Waals surface area contributed by atoms with Gasteiger partial charge in [-0.25, -0.2) is 0 Å². The molecule has 2 aromatic rings. The van der Waals surface area contributed by atoms with Crippen LogP contribution in [0.25, 0.3) is 11.6 Å². The second-order valence-corrected chi connectivity index (χ2v) is 6.79. The fourth-order valence-electron chi connectivity index (χ4n) is 1.95. The number of hydrogen-bond acceptors (Lipinski definition) is 2. The molecule has 2 nitrogen and oxygen atoms in total. The second kappa shape index (κ2) is 8.35. The molecule has 0 N–H and O–H groups in total. The molecule has 0 radical (unpaired) electrons. The molecule has 0 aromatic heterocycles. The predicted molar refractivity (Wildman–Crippen MR) is 102 cm³/mol. The van der Waals surface area contributed by atoms with Gasteiger partial charge in [0, 0.05) is 15.1 Å². The molecular formula is C18H12Br2ClNO. The third kappa shape index (κ3) is 4.71. The van der Waals surface area contributed by atoms with E-state index in [9.17, 15) is 5.26 Å². The Bertz CT molecular complexity index is 792. The highest BCUT2D eigenvalue weighted by Crippen LogP contribution is 2.35. The van der Waals surface area contributed by atoms with Gasteiger partial charge in [0.1, 0.15) is 12.4 Å². The first-order valence-electron chi connectivity index (χ1n) is 6.65. The summed E-state index contributed by atoms with van der Waals surface area (Å²) in [7, 11) is 0. The van der Waals surface area contributed by atoms with Crippen molar-refractivity contribution in [3.05, 3.63) is 74.1 Å². The molecule has 23 heavy (non-hydrogen) atoms. The molecule has 0 aliphatic heterocycles. The average molecular weight is 454 g/mol. The van der Waals surface area contributed by atoms with E-state index in [2.05, 4.69) is 44.5 Å². The topological polar surface area (TPSA) is 33.0 Å². The van der Waals surface area contributed by atoms with Crippen LogP contribution in [0.5, 0.6) is 5.75 Å². The smallest absolute Gasteiger partial charge is 0.141 e. The lowest BCUT2D eigenvalue weighted by atomic mass is 10.0. The minimum atomic E-state index is 0.379. The highest BCUT2D eigenvalue weighted by molar-refractivity contribution is 9.11. The molecule has 0 unspecified atom stereocenters. The monoisotopic (exact) mass is 451 g/mol. The van der Waals surface area contributed by atoms with Crippen LogP contribution in [0.1, 0.15) is 11.1 Å². The number of hydrogen-bond donors (Lipinski definition) is 0. The Morgan fingerprint density at radius 2 is 1.96 bits per heavy atom. The number of rotatable bonds is 5. The predicted octanol–water partition coefficient (Wildman–Crippen LogP) is 6.49. The van der Waals surface area contributed by atoms with Gasteiger partial charge in [0.15, 0.2) is 0 Å². The van der Waals surface area contributed by atoms with Gasteiger partial charge in [-0.3, -0.25) is 0 Å². The van der Waals surface area contributed by atoms with E-state index in [1.807, 2.05) is 24.3 Å². The van der Waals surface area contributed by atoms with E-state index in [-0.39, 0.29) is 0 Å². The largest absolute Gasteiger partial charge is 0.488 e. The minimum absolute atomic E-state index is 0.379. The van der Waals surface area contributed by atoms with Gasteiger partial charge in [-0.1, -0.05) is 52.3 Å². The quantitative estimate of drug-likeness (QED) is 0.294. The van der Waals surface area contributed by atoms with Crippen LogP contribution in [0.4, 0.5) is 0 Å².